The second-order valence-corrected chi connectivity index (χ2v) is 5.50. The van der Waals surface area contributed by atoms with Crippen LogP contribution < -0.4 is 5.32 Å². The molecular formula is C15H22F2N2. The van der Waals surface area contributed by atoms with Crippen molar-refractivity contribution in [3.8, 4) is 0 Å². The van der Waals surface area contributed by atoms with Gasteiger partial charge in [0.25, 0.3) is 0 Å². The van der Waals surface area contributed by atoms with Gasteiger partial charge < -0.3 is 10.2 Å². The second-order valence-electron chi connectivity index (χ2n) is 5.50. The summed E-state index contributed by atoms with van der Waals surface area (Å²) >= 11 is 0. The van der Waals surface area contributed by atoms with Gasteiger partial charge in [-0.2, -0.15) is 0 Å². The van der Waals surface area contributed by atoms with Gasteiger partial charge >= 0.3 is 0 Å². The monoisotopic (exact) mass is 268 g/mol. The van der Waals surface area contributed by atoms with E-state index in [1.807, 2.05) is 0 Å². The van der Waals surface area contributed by atoms with Crippen LogP contribution in [0.25, 0.3) is 0 Å². The highest BCUT2D eigenvalue weighted by molar-refractivity contribution is 5.45. The van der Waals surface area contributed by atoms with Crippen LogP contribution in [0.1, 0.15) is 33.1 Å². The predicted molar refractivity (Wildman–Crippen MR) is 74.3 cm³/mol. The van der Waals surface area contributed by atoms with Crippen LogP contribution in [-0.2, 0) is 0 Å². The number of anilines is 1. The molecule has 4 heteroatoms. The van der Waals surface area contributed by atoms with E-state index in [1.165, 1.54) is 6.07 Å². The fourth-order valence-corrected chi connectivity index (χ4v) is 2.61. The summed E-state index contributed by atoms with van der Waals surface area (Å²) in [4.78, 5) is 2.43. The molecule has 2 rings (SSSR count). The van der Waals surface area contributed by atoms with Gasteiger partial charge in [0.2, 0.25) is 0 Å². The lowest BCUT2D eigenvalue weighted by Gasteiger charge is -2.24. The van der Waals surface area contributed by atoms with Crippen molar-refractivity contribution in [3.63, 3.8) is 0 Å². The molecule has 0 aromatic heterocycles. The molecule has 106 valence electrons. The minimum atomic E-state index is -0.789. The molecule has 0 amide bonds. The highest BCUT2D eigenvalue weighted by Gasteiger charge is 2.19. The quantitative estimate of drug-likeness (QED) is 0.900. The third-order valence-electron chi connectivity index (χ3n) is 3.80. The third kappa shape index (κ3) is 3.66. The lowest BCUT2D eigenvalue weighted by atomic mass is 10.1. The zero-order valence-electron chi connectivity index (χ0n) is 11.6. The first-order valence-corrected chi connectivity index (χ1v) is 7.02. The van der Waals surface area contributed by atoms with Gasteiger partial charge in [0.05, 0.1) is 5.69 Å². The summed E-state index contributed by atoms with van der Waals surface area (Å²) < 4.78 is 26.8. The van der Waals surface area contributed by atoms with E-state index in [4.69, 9.17) is 0 Å². The normalized spacial score (nSPS) is 21.4. The molecule has 1 atom stereocenters. The van der Waals surface area contributed by atoms with Crippen LogP contribution in [0, 0.1) is 11.6 Å². The van der Waals surface area contributed by atoms with Gasteiger partial charge in [-0.25, -0.2) is 8.78 Å². The number of hydrogen-bond donors (Lipinski definition) is 1. The molecule has 1 saturated heterocycles. The van der Waals surface area contributed by atoms with Gasteiger partial charge in [0, 0.05) is 18.6 Å². The van der Waals surface area contributed by atoms with E-state index in [1.54, 1.807) is 6.07 Å². The van der Waals surface area contributed by atoms with Gasteiger partial charge in [-0.15, -0.1) is 0 Å². The maximum absolute atomic E-state index is 13.6. The molecular weight excluding hydrogens is 246 g/mol. The van der Waals surface area contributed by atoms with Crippen LogP contribution in [0.15, 0.2) is 18.2 Å². The number of benzene rings is 1. The van der Waals surface area contributed by atoms with Gasteiger partial charge in [0.15, 0.2) is 11.6 Å². The molecule has 1 aromatic carbocycles. The number of halogens is 2. The average Bonchev–Trinajstić information content (AvgIpc) is 2.60. The van der Waals surface area contributed by atoms with Crippen LogP contribution in [0.3, 0.4) is 0 Å². The molecule has 0 bridgehead atoms. The van der Waals surface area contributed by atoms with Crippen molar-refractivity contribution in [2.45, 2.75) is 45.2 Å². The Morgan fingerprint density at radius 2 is 2.00 bits per heavy atom. The molecule has 19 heavy (non-hydrogen) atoms. The van der Waals surface area contributed by atoms with Crippen LogP contribution in [0.4, 0.5) is 14.5 Å². The van der Waals surface area contributed by atoms with Crippen LogP contribution in [-0.4, -0.2) is 30.1 Å². The topological polar surface area (TPSA) is 15.3 Å². The smallest absolute Gasteiger partial charge is 0.181 e. The molecule has 1 N–H and O–H groups in total. The van der Waals surface area contributed by atoms with E-state index < -0.39 is 11.6 Å². The average molecular weight is 268 g/mol. The summed E-state index contributed by atoms with van der Waals surface area (Å²) in [5.41, 5.74) is 0.281. The van der Waals surface area contributed by atoms with Gasteiger partial charge in [-0.1, -0.05) is 6.07 Å². The Balaban J connectivity index is 1.98. The summed E-state index contributed by atoms with van der Waals surface area (Å²) in [5.74, 6) is -1.56. The van der Waals surface area contributed by atoms with E-state index in [2.05, 4.69) is 24.1 Å². The molecule has 1 fully saturated rings. The first-order chi connectivity index (χ1) is 9.08. The van der Waals surface area contributed by atoms with Crippen molar-refractivity contribution in [1.82, 2.24) is 4.90 Å². The SMILES string of the molecule is CC(C)N1CCCC(Nc2cccc(F)c2F)CC1. The van der Waals surface area contributed by atoms with Crippen molar-refractivity contribution in [2.24, 2.45) is 0 Å². The largest absolute Gasteiger partial charge is 0.380 e. The Labute approximate surface area is 113 Å². The van der Waals surface area contributed by atoms with Crippen molar-refractivity contribution in [2.75, 3.05) is 18.4 Å². The van der Waals surface area contributed by atoms with Gasteiger partial charge in [0.1, 0.15) is 0 Å². The van der Waals surface area contributed by atoms with E-state index in [9.17, 15) is 8.78 Å². The van der Waals surface area contributed by atoms with Crippen LogP contribution in [0.2, 0.25) is 0 Å². The van der Waals surface area contributed by atoms with E-state index in [0.29, 0.717) is 6.04 Å². The number of likely N-dealkylation sites (tertiary alicyclic amines) is 1. The molecule has 0 saturated carbocycles. The number of hydrogen-bond acceptors (Lipinski definition) is 2. The lowest BCUT2D eigenvalue weighted by Crippen LogP contribution is -2.32. The Bertz CT molecular complexity index is 421. The molecule has 0 spiro atoms. The number of nitrogens with zero attached hydrogens (tertiary/aromatic N) is 1. The van der Waals surface area contributed by atoms with Crippen LogP contribution in [0.5, 0.6) is 0 Å². The highest BCUT2D eigenvalue weighted by Crippen LogP contribution is 2.21. The molecule has 1 aromatic rings. The summed E-state index contributed by atoms with van der Waals surface area (Å²) in [7, 11) is 0. The van der Waals surface area contributed by atoms with E-state index in [0.717, 1.165) is 38.4 Å². The summed E-state index contributed by atoms with van der Waals surface area (Å²) in [5, 5.41) is 3.15. The minimum Gasteiger partial charge on any atom is -0.380 e. The number of nitrogens with one attached hydrogen (secondary N) is 1. The van der Waals surface area contributed by atoms with Gasteiger partial charge in [-0.3, -0.25) is 0 Å². The standard InChI is InChI=1S/C15H22F2N2/c1-11(2)19-9-4-5-12(8-10-19)18-14-7-3-6-13(16)15(14)17/h3,6-7,11-12,18H,4-5,8-10H2,1-2H3. The first-order valence-electron chi connectivity index (χ1n) is 7.02. The van der Waals surface area contributed by atoms with Crippen molar-refractivity contribution in [1.29, 1.82) is 0 Å². The fraction of sp³-hybridized carbons (Fsp3) is 0.600. The lowest BCUT2D eigenvalue weighted by molar-refractivity contribution is 0.230. The zero-order valence-corrected chi connectivity index (χ0v) is 11.6. The molecule has 1 heterocycles. The maximum atomic E-state index is 13.6. The molecule has 0 aliphatic carbocycles. The fourth-order valence-electron chi connectivity index (χ4n) is 2.61. The molecule has 1 aliphatic rings. The molecule has 0 radical (unpaired) electrons. The molecule has 1 aliphatic heterocycles. The molecule has 1 unspecified atom stereocenters. The number of rotatable bonds is 3. The van der Waals surface area contributed by atoms with Crippen molar-refractivity contribution >= 4 is 5.69 Å². The summed E-state index contributed by atoms with van der Waals surface area (Å²) in [6.45, 7) is 6.48. The Morgan fingerprint density at radius 1 is 1.21 bits per heavy atom. The molecule has 2 nitrogen and oxygen atoms in total. The van der Waals surface area contributed by atoms with Crippen molar-refractivity contribution in [3.05, 3.63) is 29.8 Å². The van der Waals surface area contributed by atoms with Crippen LogP contribution >= 0.6 is 0 Å². The highest BCUT2D eigenvalue weighted by atomic mass is 19.2. The predicted octanol–water partition coefficient (Wildman–Crippen LogP) is 3.64. The Hall–Kier alpha value is -1.16. The third-order valence-corrected chi connectivity index (χ3v) is 3.80. The second kappa shape index (κ2) is 6.33. The van der Waals surface area contributed by atoms with E-state index in [-0.39, 0.29) is 11.7 Å². The maximum Gasteiger partial charge on any atom is 0.181 e. The summed E-state index contributed by atoms with van der Waals surface area (Å²) in [6.07, 6.45) is 3.06. The Kier molecular flexibility index (Phi) is 4.75. The van der Waals surface area contributed by atoms with E-state index >= 15 is 0 Å². The zero-order chi connectivity index (χ0) is 13.8. The first kappa shape index (κ1) is 14.3. The summed E-state index contributed by atoms with van der Waals surface area (Å²) in [6, 6.07) is 5.06. The minimum absolute atomic E-state index is 0.222. The van der Waals surface area contributed by atoms with Gasteiger partial charge in [-0.05, 0) is 51.8 Å². The van der Waals surface area contributed by atoms with Crippen molar-refractivity contribution < 1.29 is 8.78 Å². The Morgan fingerprint density at radius 3 is 2.74 bits per heavy atom.